The second kappa shape index (κ2) is 13.3. The quantitative estimate of drug-likeness (QED) is 0.140. The molecule has 0 saturated heterocycles. The molecule has 0 fully saturated rings. The van der Waals surface area contributed by atoms with Crippen LogP contribution in [-0.2, 0) is 0 Å². The number of nitrogens with zero attached hydrogens (tertiary/aromatic N) is 3. The molecular weight excluding hydrogens is 590 g/mol. The number of carbonyl (C=O) groups is 1. The zero-order chi connectivity index (χ0) is 33.8. The van der Waals surface area contributed by atoms with E-state index in [0.717, 1.165) is 55.3 Å². The van der Waals surface area contributed by atoms with E-state index in [1.165, 1.54) is 6.07 Å². The van der Waals surface area contributed by atoms with E-state index in [4.69, 9.17) is 5.26 Å². The van der Waals surface area contributed by atoms with Gasteiger partial charge < -0.3 is 0 Å². The van der Waals surface area contributed by atoms with Crippen molar-refractivity contribution in [3.63, 3.8) is 0 Å². The molecule has 0 atom stereocenters. The lowest BCUT2D eigenvalue weighted by Gasteiger charge is -2.22. The van der Waals surface area contributed by atoms with Crippen LogP contribution in [0.5, 0.6) is 0 Å². The fraction of sp³-hybridized carbons (Fsp3) is 0.0769. The van der Waals surface area contributed by atoms with Crippen molar-refractivity contribution in [2.24, 2.45) is 0 Å². The van der Waals surface area contributed by atoms with E-state index in [-0.39, 0.29) is 22.1 Å². The van der Waals surface area contributed by atoms with Crippen molar-refractivity contribution in [3.05, 3.63) is 181 Å². The summed E-state index contributed by atoms with van der Waals surface area (Å²) in [6.07, 6.45) is 0. The molecule has 8 nitrogen and oxygen atoms in total. The Morgan fingerprint density at radius 1 is 0.617 bits per heavy atom. The van der Waals surface area contributed by atoms with Crippen LogP contribution in [0.25, 0.3) is 27.1 Å². The molecule has 230 valence electrons. The number of aryl methyl sites for hydroxylation is 3. The Kier molecular flexibility index (Phi) is 9.02. The predicted octanol–water partition coefficient (Wildman–Crippen LogP) is 9.59. The van der Waals surface area contributed by atoms with Crippen molar-refractivity contribution >= 4 is 44.3 Å². The second-order valence-electron chi connectivity index (χ2n) is 11.0. The fourth-order valence-electron chi connectivity index (χ4n) is 5.84. The molecule has 1 aliphatic rings. The number of nitriles is 1. The van der Waals surface area contributed by atoms with Gasteiger partial charge in [0.05, 0.1) is 32.3 Å². The number of benzene rings is 6. The maximum Gasteiger partial charge on any atom is 0.278 e. The fourth-order valence-corrected chi connectivity index (χ4v) is 5.84. The maximum absolute atomic E-state index is 12.4. The first-order chi connectivity index (χ1) is 22.5. The van der Waals surface area contributed by atoms with Gasteiger partial charge in [0.2, 0.25) is 0 Å². The van der Waals surface area contributed by atoms with Crippen molar-refractivity contribution in [3.8, 4) is 6.07 Å². The Morgan fingerprint density at radius 2 is 1.15 bits per heavy atom. The lowest BCUT2D eigenvalue weighted by atomic mass is 9.80. The molecule has 6 aromatic rings. The van der Waals surface area contributed by atoms with Gasteiger partial charge in [-0.1, -0.05) is 91.5 Å². The number of nitro groups is 2. The van der Waals surface area contributed by atoms with Crippen LogP contribution >= 0.6 is 0 Å². The number of hydrogen-bond acceptors (Lipinski definition) is 6. The third kappa shape index (κ3) is 6.10. The highest BCUT2D eigenvalue weighted by Crippen LogP contribution is 2.36. The summed E-state index contributed by atoms with van der Waals surface area (Å²) >= 11 is 0. The van der Waals surface area contributed by atoms with Gasteiger partial charge in [0.1, 0.15) is 0 Å². The van der Waals surface area contributed by atoms with E-state index in [1.54, 1.807) is 49.4 Å². The molecular formula is C39H29N3O5. The van der Waals surface area contributed by atoms with Crippen molar-refractivity contribution in [2.75, 3.05) is 0 Å². The number of nitro benzene ring substituents is 2. The third-order valence-electron chi connectivity index (χ3n) is 8.24. The standard InChI is InChI=1S/C16H12O.C12H8N2O2.C11H9NO2/c1-10-6-5-9-14-15(10)11(2)12-7-3-4-8-13(12)16(14)17;1-8-9(7-13)6-12(14(15)16)11-5-3-2-4-10(8)11;1-8-6-7-11(12(13)14)10-5-3-2-4-9(8)10/h3-9H,2H2,1H3;2-6H,1H3;2-7H,1H3. The van der Waals surface area contributed by atoms with Crippen LogP contribution in [0, 0.1) is 52.3 Å². The third-order valence-corrected chi connectivity index (χ3v) is 8.24. The Morgan fingerprint density at radius 3 is 1.77 bits per heavy atom. The van der Waals surface area contributed by atoms with Gasteiger partial charge in [0.15, 0.2) is 5.78 Å². The van der Waals surface area contributed by atoms with Gasteiger partial charge in [0, 0.05) is 23.3 Å². The van der Waals surface area contributed by atoms with Crippen LogP contribution in [0.1, 0.15) is 49.3 Å². The van der Waals surface area contributed by atoms with Gasteiger partial charge in [-0.05, 0) is 77.1 Å². The van der Waals surface area contributed by atoms with E-state index in [9.17, 15) is 25.0 Å². The van der Waals surface area contributed by atoms with Crippen LogP contribution in [-0.4, -0.2) is 15.6 Å². The summed E-state index contributed by atoms with van der Waals surface area (Å²) in [6, 6.07) is 34.6. The zero-order valence-electron chi connectivity index (χ0n) is 26.0. The molecule has 0 bridgehead atoms. The van der Waals surface area contributed by atoms with Gasteiger partial charge in [-0.3, -0.25) is 25.0 Å². The molecule has 7 rings (SSSR count). The molecule has 0 heterocycles. The normalized spacial score (nSPS) is 11.3. The Labute approximate surface area is 271 Å². The van der Waals surface area contributed by atoms with Crippen molar-refractivity contribution in [2.45, 2.75) is 20.8 Å². The molecule has 0 saturated carbocycles. The monoisotopic (exact) mass is 619 g/mol. The molecule has 0 unspecified atom stereocenters. The van der Waals surface area contributed by atoms with E-state index < -0.39 is 4.92 Å². The minimum atomic E-state index is -0.456. The van der Waals surface area contributed by atoms with Crippen LogP contribution in [0.4, 0.5) is 11.4 Å². The highest BCUT2D eigenvalue weighted by Gasteiger charge is 2.26. The molecule has 0 spiro atoms. The summed E-state index contributed by atoms with van der Waals surface area (Å²) < 4.78 is 0. The number of ketones is 1. The molecule has 0 aliphatic heterocycles. The minimum Gasteiger partial charge on any atom is -0.289 e. The van der Waals surface area contributed by atoms with Crippen LogP contribution in [0.15, 0.2) is 116 Å². The summed E-state index contributed by atoms with van der Waals surface area (Å²) in [7, 11) is 0. The highest BCUT2D eigenvalue weighted by atomic mass is 16.6. The lowest BCUT2D eigenvalue weighted by Crippen LogP contribution is -2.14. The average molecular weight is 620 g/mol. The molecule has 0 N–H and O–H groups in total. The molecule has 8 heteroatoms. The number of fused-ring (bicyclic) bond motifs is 4. The summed E-state index contributed by atoms with van der Waals surface area (Å²) in [6.45, 7) is 9.91. The van der Waals surface area contributed by atoms with E-state index >= 15 is 0 Å². The van der Waals surface area contributed by atoms with Crippen LogP contribution < -0.4 is 0 Å². The predicted molar refractivity (Wildman–Crippen MR) is 185 cm³/mol. The largest absolute Gasteiger partial charge is 0.289 e. The number of hydrogen-bond donors (Lipinski definition) is 0. The van der Waals surface area contributed by atoms with Gasteiger partial charge in [-0.25, -0.2) is 0 Å². The zero-order valence-corrected chi connectivity index (χ0v) is 26.0. The summed E-state index contributed by atoms with van der Waals surface area (Å²) in [5.41, 5.74) is 7.90. The molecule has 1 aliphatic carbocycles. The Balaban J connectivity index is 0.000000139. The topological polar surface area (TPSA) is 127 Å². The summed E-state index contributed by atoms with van der Waals surface area (Å²) in [4.78, 5) is 33.2. The van der Waals surface area contributed by atoms with Crippen LogP contribution in [0.3, 0.4) is 0 Å². The molecule has 0 radical (unpaired) electrons. The number of rotatable bonds is 2. The van der Waals surface area contributed by atoms with Crippen LogP contribution in [0.2, 0.25) is 0 Å². The Bertz CT molecular complexity index is 2300. The van der Waals surface area contributed by atoms with Gasteiger partial charge in [-0.2, -0.15) is 5.26 Å². The molecule has 0 amide bonds. The first-order valence-corrected chi connectivity index (χ1v) is 14.7. The molecule has 0 aromatic heterocycles. The van der Waals surface area contributed by atoms with Crippen molar-refractivity contribution in [1.29, 1.82) is 5.26 Å². The average Bonchev–Trinajstić information content (AvgIpc) is 3.08. The van der Waals surface area contributed by atoms with Gasteiger partial charge >= 0.3 is 0 Å². The molecule has 6 aromatic carbocycles. The maximum atomic E-state index is 12.4. The van der Waals surface area contributed by atoms with Crippen molar-refractivity contribution in [1.82, 2.24) is 0 Å². The smallest absolute Gasteiger partial charge is 0.278 e. The first kappa shape index (κ1) is 31.9. The number of non-ortho nitro benzene ring substituents is 2. The van der Waals surface area contributed by atoms with E-state index in [0.29, 0.717) is 16.3 Å². The lowest BCUT2D eigenvalue weighted by molar-refractivity contribution is -0.383. The van der Waals surface area contributed by atoms with E-state index in [1.807, 2.05) is 80.6 Å². The van der Waals surface area contributed by atoms with Crippen molar-refractivity contribution < 1.29 is 14.6 Å². The first-order valence-electron chi connectivity index (χ1n) is 14.7. The SMILES string of the molecule is C=C1c2ccccc2C(=O)c2cccc(C)c21.Cc1c(C#N)cc([N+](=O)[O-])c2ccccc12.Cc1ccc([N+](=O)[O-])c2ccccc12. The van der Waals surface area contributed by atoms with Gasteiger partial charge in [0.25, 0.3) is 11.4 Å². The summed E-state index contributed by atoms with van der Waals surface area (Å²) in [5.74, 6) is 0.103. The Hall–Kier alpha value is -6.46. The highest BCUT2D eigenvalue weighted by molar-refractivity contribution is 6.18. The summed E-state index contributed by atoms with van der Waals surface area (Å²) in [5, 5.41) is 33.5. The second-order valence-corrected chi connectivity index (χ2v) is 11.0. The minimum absolute atomic E-state index is 0.0160. The van der Waals surface area contributed by atoms with E-state index in [2.05, 4.69) is 6.58 Å². The molecule has 47 heavy (non-hydrogen) atoms. The number of carbonyl (C=O) groups excluding carboxylic acids is 1. The van der Waals surface area contributed by atoms with Gasteiger partial charge in [-0.15, -0.1) is 0 Å².